The number of pyridine rings is 1. The molecule has 1 unspecified atom stereocenters. The largest absolute Gasteiger partial charge is 0.338 e. The molecule has 1 heterocycles. The van der Waals surface area contributed by atoms with Crippen molar-refractivity contribution in [1.29, 1.82) is 0 Å². The third-order valence-electron chi connectivity index (χ3n) is 3.34. The minimum absolute atomic E-state index is 0.00379. The Morgan fingerprint density at radius 1 is 1.47 bits per heavy atom. The fourth-order valence-electron chi connectivity index (χ4n) is 1.65. The third kappa shape index (κ3) is 3.81. The van der Waals surface area contributed by atoms with E-state index < -0.39 is 0 Å². The van der Waals surface area contributed by atoms with Crippen molar-refractivity contribution >= 4 is 23.3 Å². The van der Waals surface area contributed by atoms with Crippen LogP contribution in [0.15, 0.2) is 12.1 Å². The minimum atomic E-state index is -0.108. The van der Waals surface area contributed by atoms with E-state index in [-0.39, 0.29) is 22.5 Å². The summed E-state index contributed by atoms with van der Waals surface area (Å²) in [5.74, 6) is 5.56. The van der Waals surface area contributed by atoms with E-state index in [1.165, 1.54) is 6.07 Å². The van der Waals surface area contributed by atoms with Gasteiger partial charge in [0.25, 0.3) is 5.91 Å². The zero-order valence-electron chi connectivity index (χ0n) is 12.0. The first-order valence-electron chi connectivity index (χ1n) is 6.08. The number of carbonyl (C=O) groups excluding carboxylic acids is 1. The number of amides is 1. The molecular formula is C13H21ClN4O. The molecule has 0 saturated heterocycles. The molecular weight excluding hydrogens is 264 g/mol. The second-order valence-electron chi connectivity index (χ2n) is 5.67. The van der Waals surface area contributed by atoms with Gasteiger partial charge in [-0.25, -0.2) is 10.8 Å². The molecule has 0 aliphatic rings. The van der Waals surface area contributed by atoms with Crippen molar-refractivity contribution in [1.82, 2.24) is 9.88 Å². The van der Waals surface area contributed by atoms with Crippen LogP contribution >= 0.6 is 11.6 Å². The van der Waals surface area contributed by atoms with Crippen molar-refractivity contribution in [2.45, 2.75) is 33.7 Å². The second kappa shape index (κ2) is 5.75. The van der Waals surface area contributed by atoms with Gasteiger partial charge in [0.1, 0.15) is 11.0 Å². The molecule has 0 spiro atoms. The third-order valence-corrected chi connectivity index (χ3v) is 3.54. The van der Waals surface area contributed by atoms with Crippen LogP contribution in [0.5, 0.6) is 0 Å². The summed E-state index contributed by atoms with van der Waals surface area (Å²) < 4.78 is 0. The molecule has 0 aliphatic heterocycles. The molecule has 0 aromatic carbocycles. The van der Waals surface area contributed by atoms with Crippen molar-refractivity contribution in [3.63, 3.8) is 0 Å². The number of carbonyl (C=O) groups is 1. The lowest BCUT2D eigenvalue weighted by Crippen LogP contribution is -2.43. The first-order chi connectivity index (χ1) is 8.66. The Labute approximate surface area is 119 Å². The summed E-state index contributed by atoms with van der Waals surface area (Å²) in [5.41, 5.74) is 2.86. The molecule has 0 aliphatic carbocycles. The predicted molar refractivity (Wildman–Crippen MR) is 78.1 cm³/mol. The highest BCUT2D eigenvalue weighted by Gasteiger charge is 2.27. The molecule has 0 fully saturated rings. The van der Waals surface area contributed by atoms with Gasteiger partial charge in [0.2, 0.25) is 0 Å². The summed E-state index contributed by atoms with van der Waals surface area (Å²) in [6.45, 7) is 8.29. The Bertz CT molecular complexity index is 470. The number of anilines is 1. The number of nitrogens with one attached hydrogen (secondary N) is 1. The molecule has 3 N–H and O–H groups in total. The van der Waals surface area contributed by atoms with E-state index in [0.717, 1.165) is 0 Å². The summed E-state index contributed by atoms with van der Waals surface area (Å²) in [6, 6.07) is 3.21. The smallest absolute Gasteiger partial charge is 0.254 e. The molecule has 106 valence electrons. The normalized spacial score (nSPS) is 13.0. The monoisotopic (exact) mass is 284 g/mol. The van der Waals surface area contributed by atoms with Crippen molar-refractivity contribution in [2.75, 3.05) is 12.5 Å². The second-order valence-corrected chi connectivity index (χ2v) is 6.05. The van der Waals surface area contributed by atoms with Crippen molar-refractivity contribution in [3.8, 4) is 0 Å². The summed E-state index contributed by atoms with van der Waals surface area (Å²) in [6.07, 6.45) is 0. The standard InChI is InChI=1S/C13H21ClN4O/c1-8(13(2,3)4)18(5)12(19)9-6-10(14)16-11(7-9)17-15/h6-8H,15H2,1-5H3,(H,16,17). The van der Waals surface area contributed by atoms with Gasteiger partial charge in [-0.15, -0.1) is 0 Å². The summed E-state index contributed by atoms with van der Waals surface area (Å²) >= 11 is 5.87. The fourth-order valence-corrected chi connectivity index (χ4v) is 1.86. The number of nitrogen functional groups attached to an aromatic ring is 1. The topological polar surface area (TPSA) is 71.2 Å². The van der Waals surface area contributed by atoms with Crippen LogP contribution in [0.25, 0.3) is 0 Å². The molecule has 0 saturated carbocycles. The maximum atomic E-state index is 12.4. The van der Waals surface area contributed by atoms with Crippen LogP contribution in [0.2, 0.25) is 5.15 Å². The molecule has 1 aromatic heterocycles. The molecule has 19 heavy (non-hydrogen) atoms. The fraction of sp³-hybridized carbons (Fsp3) is 0.538. The van der Waals surface area contributed by atoms with E-state index in [1.54, 1.807) is 18.0 Å². The number of hydrogen-bond acceptors (Lipinski definition) is 4. The predicted octanol–water partition coefficient (Wildman–Crippen LogP) is 2.53. The highest BCUT2D eigenvalue weighted by molar-refractivity contribution is 6.29. The molecule has 6 heteroatoms. The number of nitrogens with two attached hydrogens (primary N) is 1. The quantitative estimate of drug-likeness (QED) is 0.508. The SMILES string of the molecule is CC(N(C)C(=O)c1cc(Cl)nc(NN)c1)C(C)(C)C. The van der Waals surface area contributed by atoms with Crippen LogP contribution < -0.4 is 11.3 Å². The molecule has 1 amide bonds. The Kier molecular flexibility index (Phi) is 4.76. The van der Waals surface area contributed by atoms with Gasteiger partial charge in [0, 0.05) is 18.7 Å². The lowest BCUT2D eigenvalue weighted by atomic mass is 9.87. The zero-order valence-corrected chi connectivity index (χ0v) is 12.7. The van der Waals surface area contributed by atoms with Gasteiger partial charge in [-0.05, 0) is 24.5 Å². The number of halogens is 1. The number of hydrazine groups is 1. The van der Waals surface area contributed by atoms with Crippen molar-refractivity contribution in [2.24, 2.45) is 11.3 Å². The average molecular weight is 285 g/mol. The molecule has 0 bridgehead atoms. The first kappa shape index (κ1) is 15.7. The van der Waals surface area contributed by atoms with Crippen LogP contribution in [-0.2, 0) is 0 Å². The highest BCUT2D eigenvalue weighted by atomic mass is 35.5. The van der Waals surface area contributed by atoms with Gasteiger partial charge < -0.3 is 10.3 Å². The molecule has 1 atom stereocenters. The number of rotatable bonds is 3. The van der Waals surface area contributed by atoms with E-state index in [0.29, 0.717) is 11.4 Å². The van der Waals surface area contributed by atoms with Crippen LogP contribution in [0.1, 0.15) is 38.1 Å². The molecule has 1 aromatic rings. The van der Waals surface area contributed by atoms with Crippen LogP contribution in [0.3, 0.4) is 0 Å². The number of nitrogens with zero attached hydrogens (tertiary/aromatic N) is 2. The zero-order chi connectivity index (χ0) is 14.8. The Morgan fingerprint density at radius 3 is 2.53 bits per heavy atom. The first-order valence-corrected chi connectivity index (χ1v) is 6.46. The lowest BCUT2D eigenvalue weighted by molar-refractivity contribution is 0.0629. The summed E-state index contributed by atoms with van der Waals surface area (Å²) in [4.78, 5) is 18.1. The Morgan fingerprint density at radius 2 is 2.05 bits per heavy atom. The van der Waals surface area contributed by atoms with Gasteiger partial charge >= 0.3 is 0 Å². The van der Waals surface area contributed by atoms with Gasteiger partial charge in [-0.2, -0.15) is 0 Å². The molecule has 5 nitrogen and oxygen atoms in total. The average Bonchev–Trinajstić information content (AvgIpc) is 2.34. The van der Waals surface area contributed by atoms with Crippen molar-refractivity contribution < 1.29 is 4.79 Å². The van der Waals surface area contributed by atoms with E-state index in [4.69, 9.17) is 17.4 Å². The summed E-state index contributed by atoms with van der Waals surface area (Å²) in [7, 11) is 1.78. The van der Waals surface area contributed by atoms with Crippen LogP contribution in [-0.4, -0.2) is 28.9 Å². The Hall–Kier alpha value is -1.33. The van der Waals surface area contributed by atoms with E-state index in [9.17, 15) is 4.79 Å². The minimum Gasteiger partial charge on any atom is -0.338 e. The van der Waals surface area contributed by atoms with Gasteiger partial charge in [0.05, 0.1) is 0 Å². The van der Waals surface area contributed by atoms with E-state index in [1.807, 2.05) is 6.92 Å². The van der Waals surface area contributed by atoms with Crippen LogP contribution in [0.4, 0.5) is 5.82 Å². The van der Waals surface area contributed by atoms with Gasteiger partial charge in [0.15, 0.2) is 0 Å². The van der Waals surface area contributed by atoms with E-state index in [2.05, 4.69) is 31.2 Å². The number of hydrogen-bond donors (Lipinski definition) is 2. The lowest BCUT2D eigenvalue weighted by Gasteiger charge is -2.35. The van der Waals surface area contributed by atoms with Crippen LogP contribution in [0, 0.1) is 5.41 Å². The molecule has 1 rings (SSSR count). The number of aromatic nitrogens is 1. The summed E-state index contributed by atoms with van der Waals surface area (Å²) in [5, 5.41) is 0.232. The van der Waals surface area contributed by atoms with E-state index >= 15 is 0 Å². The molecule has 0 radical (unpaired) electrons. The van der Waals surface area contributed by atoms with Gasteiger partial charge in [-0.3, -0.25) is 4.79 Å². The Balaban J connectivity index is 3.03. The maximum Gasteiger partial charge on any atom is 0.254 e. The highest BCUT2D eigenvalue weighted by Crippen LogP contribution is 2.25. The van der Waals surface area contributed by atoms with Crippen molar-refractivity contribution in [3.05, 3.63) is 22.8 Å². The van der Waals surface area contributed by atoms with Gasteiger partial charge in [-0.1, -0.05) is 32.4 Å². The maximum absolute atomic E-state index is 12.4.